The van der Waals surface area contributed by atoms with Crippen molar-refractivity contribution in [1.82, 2.24) is 10.6 Å². The highest BCUT2D eigenvalue weighted by Gasteiger charge is 2.25. The topological polar surface area (TPSA) is 78.4 Å². The molecule has 2 amide bonds. The van der Waals surface area contributed by atoms with E-state index in [1.54, 1.807) is 0 Å². The molecule has 0 aliphatic rings. The molecule has 0 heterocycles. The van der Waals surface area contributed by atoms with Gasteiger partial charge in [-0.1, -0.05) is 141 Å². The molecule has 324 valence electrons. The van der Waals surface area contributed by atoms with Gasteiger partial charge in [-0.25, -0.2) is 0 Å². The predicted molar refractivity (Wildman–Crippen MR) is 240 cm³/mol. The van der Waals surface area contributed by atoms with Crippen LogP contribution >= 0.6 is 0 Å². The molecule has 0 rings (SSSR count). The zero-order valence-electron chi connectivity index (χ0n) is 37.5. The number of carbonyl (C=O) groups is 2. The molecule has 0 aliphatic carbocycles. The molecule has 0 aliphatic heterocycles. The maximum absolute atomic E-state index is 12.9. The fourth-order valence-electron chi connectivity index (χ4n) is 7.77. The van der Waals surface area contributed by atoms with Gasteiger partial charge >= 0.3 is 0 Å². The molecule has 1 unspecified atom stereocenters. The van der Waals surface area contributed by atoms with Gasteiger partial charge in [0.2, 0.25) is 11.8 Å². The average molecular weight is 775 g/mol. The zero-order chi connectivity index (χ0) is 40.3. The van der Waals surface area contributed by atoms with E-state index in [1.807, 2.05) is 0 Å². The number of allylic oxidation sites excluding steroid dienone is 4. The second-order valence-corrected chi connectivity index (χ2v) is 16.7. The third-order valence-corrected chi connectivity index (χ3v) is 11.8. The van der Waals surface area contributed by atoms with E-state index in [-0.39, 0.29) is 24.5 Å². The summed E-state index contributed by atoms with van der Waals surface area (Å²) in [6.45, 7) is 14.1. The van der Waals surface area contributed by atoms with Crippen LogP contribution in [-0.2, 0) is 9.59 Å². The summed E-state index contributed by atoms with van der Waals surface area (Å²) in [6, 6.07) is 0.115. The second kappa shape index (κ2) is 42.0. The zero-order valence-corrected chi connectivity index (χ0v) is 37.5. The van der Waals surface area contributed by atoms with Gasteiger partial charge in [-0.05, 0) is 90.9 Å². The van der Waals surface area contributed by atoms with Crippen molar-refractivity contribution in [2.45, 2.75) is 239 Å². The molecule has 0 radical (unpaired) electrons. The van der Waals surface area contributed by atoms with Crippen LogP contribution in [0.5, 0.6) is 0 Å². The lowest BCUT2D eigenvalue weighted by Gasteiger charge is -2.38. The van der Waals surface area contributed by atoms with Crippen LogP contribution in [0.3, 0.4) is 0 Å². The largest absolute Gasteiger partial charge is 0.396 e. The molecule has 6 heteroatoms. The van der Waals surface area contributed by atoms with E-state index < -0.39 is 0 Å². The summed E-state index contributed by atoms with van der Waals surface area (Å²) >= 11 is 0. The van der Waals surface area contributed by atoms with E-state index in [0.717, 1.165) is 88.6 Å². The van der Waals surface area contributed by atoms with Crippen LogP contribution in [0.2, 0.25) is 0 Å². The molecular weight excluding hydrogens is 679 g/mol. The van der Waals surface area contributed by atoms with E-state index in [1.165, 1.54) is 141 Å². The average Bonchev–Trinajstić information content (AvgIpc) is 3.19. The lowest BCUT2D eigenvalue weighted by molar-refractivity contribution is -0.925. The Bertz CT molecular complexity index is 885. The van der Waals surface area contributed by atoms with Crippen molar-refractivity contribution < 1.29 is 19.2 Å². The van der Waals surface area contributed by atoms with E-state index >= 15 is 0 Å². The molecule has 55 heavy (non-hydrogen) atoms. The van der Waals surface area contributed by atoms with Crippen LogP contribution in [-0.4, -0.2) is 66.8 Å². The van der Waals surface area contributed by atoms with E-state index in [0.29, 0.717) is 12.8 Å². The molecular formula is C49H96N3O3+. The lowest BCUT2D eigenvalue weighted by atomic mass is 10.0. The summed E-state index contributed by atoms with van der Waals surface area (Å²) in [5, 5.41) is 16.0. The molecule has 1 atom stereocenters. The predicted octanol–water partition coefficient (Wildman–Crippen LogP) is 13.1. The van der Waals surface area contributed by atoms with Crippen molar-refractivity contribution in [2.75, 3.05) is 39.3 Å². The molecule has 0 aromatic heterocycles. The third-order valence-electron chi connectivity index (χ3n) is 11.8. The maximum Gasteiger partial charge on any atom is 0.220 e. The van der Waals surface area contributed by atoms with Crippen molar-refractivity contribution in [1.29, 1.82) is 0 Å². The van der Waals surface area contributed by atoms with Gasteiger partial charge in [-0.15, -0.1) is 0 Å². The minimum Gasteiger partial charge on any atom is -0.396 e. The fraction of sp³-hybridized carbons (Fsp3) is 0.878. The smallest absolute Gasteiger partial charge is 0.220 e. The van der Waals surface area contributed by atoms with Crippen molar-refractivity contribution in [3.63, 3.8) is 0 Å². The number of unbranched alkanes of at least 4 members (excludes halogenated alkanes) is 22. The maximum atomic E-state index is 12.9. The number of rotatable bonds is 43. The molecule has 0 aromatic carbocycles. The van der Waals surface area contributed by atoms with Gasteiger partial charge in [0.05, 0.1) is 26.2 Å². The number of aliphatic hydroxyl groups excluding tert-OH is 1. The number of quaternary nitrogens is 1. The summed E-state index contributed by atoms with van der Waals surface area (Å²) < 4.78 is 1.00. The van der Waals surface area contributed by atoms with Crippen LogP contribution in [0, 0.1) is 0 Å². The molecule has 0 saturated heterocycles. The highest BCUT2D eigenvalue weighted by Crippen LogP contribution is 2.15. The first kappa shape index (κ1) is 53.3. The van der Waals surface area contributed by atoms with Crippen molar-refractivity contribution in [3.05, 3.63) is 24.3 Å². The highest BCUT2D eigenvalue weighted by molar-refractivity contribution is 5.76. The molecule has 0 saturated carbocycles. The first-order valence-corrected chi connectivity index (χ1v) is 24.3. The Morgan fingerprint density at radius 2 is 0.909 bits per heavy atom. The lowest BCUT2D eigenvalue weighted by Crippen LogP contribution is -2.51. The number of hydrogen-bond acceptors (Lipinski definition) is 3. The summed E-state index contributed by atoms with van der Waals surface area (Å²) in [7, 11) is 0. The summed E-state index contributed by atoms with van der Waals surface area (Å²) in [5.41, 5.74) is 0. The fourth-order valence-corrected chi connectivity index (χ4v) is 7.77. The first-order chi connectivity index (χ1) is 27.0. The third kappa shape index (κ3) is 36.4. The van der Waals surface area contributed by atoms with E-state index in [2.05, 4.69) is 62.6 Å². The Kier molecular flexibility index (Phi) is 40.7. The van der Waals surface area contributed by atoms with Gasteiger partial charge in [-0.3, -0.25) is 9.59 Å². The van der Waals surface area contributed by atoms with Gasteiger partial charge < -0.3 is 20.2 Å². The number of nitrogens with one attached hydrogen (secondary N) is 2. The van der Waals surface area contributed by atoms with Gasteiger partial charge in [0.15, 0.2) is 0 Å². The number of hydrogen-bond donors (Lipinski definition) is 3. The monoisotopic (exact) mass is 775 g/mol. The molecule has 6 nitrogen and oxygen atoms in total. The summed E-state index contributed by atoms with van der Waals surface area (Å²) in [6.07, 6.45) is 47.1. The van der Waals surface area contributed by atoms with Gasteiger partial charge in [0.1, 0.15) is 0 Å². The molecule has 0 spiro atoms. The Morgan fingerprint density at radius 1 is 0.491 bits per heavy atom. The van der Waals surface area contributed by atoms with Crippen LogP contribution < -0.4 is 10.6 Å². The second-order valence-electron chi connectivity index (χ2n) is 16.7. The number of aliphatic hydroxyl groups is 1. The summed E-state index contributed by atoms with van der Waals surface area (Å²) in [5.74, 6) is 0.363. The quantitative estimate of drug-likeness (QED) is 0.0328. The van der Waals surface area contributed by atoms with Crippen molar-refractivity contribution in [2.24, 2.45) is 0 Å². The number of amides is 2. The molecule has 0 aromatic rings. The Morgan fingerprint density at radius 3 is 1.35 bits per heavy atom. The SMILES string of the molecule is CCCCCCCC/C=C\CCCCCCCC(=O)NCCC[N+](CC)(CC)CCC(CCCO)NC(=O)CCCCCCC/C=C\CCCCCCCC. The van der Waals surface area contributed by atoms with Gasteiger partial charge in [0.25, 0.3) is 0 Å². The van der Waals surface area contributed by atoms with Gasteiger partial charge in [-0.2, -0.15) is 0 Å². The van der Waals surface area contributed by atoms with Crippen LogP contribution in [0.4, 0.5) is 0 Å². The Labute approximate surface area is 343 Å². The molecule has 3 N–H and O–H groups in total. The van der Waals surface area contributed by atoms with E-state index in [4.69, 9.17) is 0 Å². The Balaban J connectivity index is 4.12. The van der Waals surface area contributed by atoms with Crippen molar-refractivity contribution in [3.8, 4) is 0 Å². The van der Waals surface area contributed by atoms with Crippen LogP contribution in [0.1, 0.15) is 233 Å². The minimum absolute atomic E-state index is 0.115. The molecule has 0 fully saturated rings. The number of nitrogens with zero attached hydrogens (tertiary/aromatic N) is 1. The van der Waals surface area contributed by atoms with Crippen molar-refractivity contribution >= 4 is 11.8 Å². The minimum atomic E-state index is 0.115. The first-order valence-electron chi connectivity index (χ1n) is 24.3. The highest BCUT2D eigenvalue weighted by atomic mass is 16.3. The van der Waals surface area contributed by atoms with Gasteiger partial charge in [0, 0.05) is 44.9 Å². The standard InChI is InChI=1S/C49H95N3O3/c1-5-9-11-13-15-17-19-21-23-25-27-29-31-33-35-40-48(54)50-43-38-44-52(7-3,8-4)45-42-47(39-37-46-53)51-49(55)41-36-34-32-30-28-26-24-22-20-18-16-14-12-10-6-2/h21-24,47,53H,5-20,25-46H2,1-4H3,(H-,50,51,54,55)/p+1/b23-21-,24-22-. The normalized spacial score (nSPS) is 12.6. The summed E-state index contributed by atoms with van der Waals surface area (Å²) in [4.78, 5) is 25.4. The Hall–Kier alpha value is -1.66. The van der Waals surface area contributed by atoms with Crippen LogP contribution in [0.15, 0.2) is 24.3 Å². The number of carbonyl (C=O) groups excluding carboxylic acids is 2. The van der Waals surface area contributed by atoms with E-state index in [9.17, 15) is 14.7 Å². The molecule has 0 bridgehead atoms. The van der Waals surface area contributed by atoms with Crippen LogP contribution in [0.25, 0.3) is 0 Å².